The third kappa shape index (κ3) is 3.81. The predicted molar refractivity (Wildman–Crippen MR) is 108 cm³/mol. The minimum absolute atomic E-state index is 0.0365. The molecular formula is C20H15FN6OS. The number of nitrogens with zero attached hydrogens (tertiary/aromatic N) is 4. The van der Waals surface area contributed by atoms with Crippen LogP contribution in [0.3, 0.4) is 0 Å². The third-order valence-corrected chi connectivity index (χ3v) is 5.55. The average molecular weight is 406 g/mol. The summed E-state index contributed by atoms with van der Waals surface area (Å²) in [6, 6.07) is 13.3. The number of halogens is 1. The molecule has 4 rings (SSSR count). The van der Waals surface area contributed by atoms with Gasteiger partial charge < -0.3 is 11.5 Å². The SMILES string of the molecule is Nc1ncc(-c2ccc(-c3ccccc3S(=O)c3ccnc(N)n3)cc2F)cn1. The molecule has 4 N–H and O–H groups in total. The number of aromatic nitrogens is 4. The van der Waals surface area contributed by atoms with Gasteiger partial charge in [0.05, 0.1) is 4.90 Å². The summed E-state index contributed by atoms with van der Waals surface area (Å²) >= 11 is 0. The molecule has 0 aliphatic rings. The lowest BCUT2D eigenvalue weighted by Gasteiger charge is -2.11. The van der Waals surface area contributed by atoms with Crippen LogP contribution in [0, 0.1) is 5.82 Å². The van der Waals surface area contributed by atoms with Gasteiger partial charge in [0.1, 0.15) is 21.6 Å². The number of anilines is 2. The van der Waals surface area contributed by atoms with Gasteiger partial charge in [0.25, 0.3) is 0 Å². The lowest BCUT2D eigenvalue weighted by atomic mass is 10.0. The fraction of sp³-hybridized carbons (Fsp3) is 0. The van der Waals surface area contributed by atoms with Crippen molar-refractivity contribution in [2.24, 2.45) is 0 Å². The van der Waals surface area contributed by atoms with Crippen LogP contribution in [0.2, 0.25) is 0 Å². The Morgan fingerprint density at radius 2 is 1.59 bits per heavy atom. The smallest absolute Gasteiger partial charge is 0.221 e. The van der Waals surface area contributed by atoms with E-state index in [1.54, 1.807) is 36.4 Å². The molecule has 0 saturated heterocycles. The number of rotatable bonds is 4. The quantitative estimate of drug-likeness (QED) is 0.500. The Morgan fingerprint density at radius 1 is 0.828 bits per heavy atom. The topological polar surface area (TPSA) is 121 Å². The number of benzene rings is 2. The average Bonchev–Trinajstić information content (AvgIpc) is 2.74. The van der Waals surface area contributed by atoms with Gasteiger partial charge in [0, 0.05) is 29.7 Å². The molecule has 0 spiro atoms. The predicted octanol–water partition coefficient (Wildman–Crippen LogP) is 3.07. The second-order valence-electron chi connectivity index (χ2n) is 6.04. The molecule has 29 heavy (non-hydrogen) atoms. The summed E-state index contributed by atoms with van der Waals surface area (Å²) in [5, 5.41) is 0.279. The first kappa shape index (κ1) is 18.6. The maximum atomic E-state index is 14.8. The van der Waals surface area contributed by atoms with Crippen LogP contribution in [0.1, 0.15) is 0 Å². The van der Waals surface area contributed by atoms with E-state index in [0.29, 0.717) is 27.1 Å². The van der Waals surface area contributed by atoms with E-state index in [2.05, 4.69) is 19.9 Å². The summed E-state index contributed by atoms with van der Waals surface area (Å²) in [5.41, 5.74) is 13.1. The van der Waals surface area contributed by atoms with Gasteiger partial charge in [-0.05, 0) is 29.3 Å². The zero-order valence-corrected chi connectivity index (χ0v) is 15.8. The highest BCUT2D eigenvalue weighted by Crippen LogP contribution is 2.32. The van der Waals surface area contributed by atoms with Crippen molar-refractivity contribution in [1.82, 2.24) is 19.9 Å². The van der Waals surface area contributed by atoms with Crippen molar-refractivity contribution in [3.63, 3.8) is 0 Å². The Labute approximate surface area is 168 Å². The molecule has 2 heterocycles. The number of hydrogen-bond donors (Lipinski definition) is 2. The molecule has 0 radical (unpaired) electrons. The Kier molecular flexibility index (Phi) is 4.96. The van der Waals surface area contributed by atoms with E-state index in [-0.39, 0.29) is 16.9 Å². The molecule has 2 aromatic carbocycles. The Bertz CT molecular complexity index is 1220. The van der Waals surface area contributed by atoms with E-state index in [1.807, 2.05) is 0 Å². The number of nitrogen functional groups attached to an aromatic ring is 2. The molecule has 144 valence electrons. The first-order chi connectivity index (χ1) is 14.0. The summed E-state index contributed by atoms with van der Waals surface area (Å²) in [6.07, 6.45) is 4.37. The van der Waals surface area contributed by atoms with E-state index in [1.165, 1.54) is 30.7 Å². The first-order valence-corrected chi connectivity index (χ1v) is 9.65. The van der Waals surface area contributed by atoms with Gasteiger partial charge >= 0.3 is 0 Å². The van der Waals surface area contributed by atoms with Gasteiger partial charge in [-0.15, -0.1) is 0 Å². The maximum absolute atomic E-state index is 14.8. The Morgan fingerprint density at radius 3 is 2.31 bits per heavy atom. The monoisotopic (exact) mass is 406 g/mol. The van der Waals surface area contributed by atoms with Crippen molar-refractivity contribution in [2.75, 3.05) is 11.5 Å². The summed E-state index contributed by atoms with van der Waals surface area (Å²) in [5.74, 6) is -0.301. The van der Waals surface area contributed by atoms with Gasteiger partial charge in [-0.3, -0.25) is 0 Å². The van der Waals surface area contributed by atoms with Crippen molar-refractivity contribution in [1.29, 1.82) is 0 Å². The van der Waals surface area contributed by atoms with Gasteiger partial charge in [0.15, 0.2) is 0 Å². The summed E-state index contributed by atoms with van der Waals surface area (Å²) in [7, 11) is -1.61. The molecule has 0 amide bonds. The first-order valence-electron chi connectivity index (χ1n) is 8.50. The highest BCUT2D eigenvalue weighted by atomic mass is 32.2. The summed E-state index contributed by atoms with van der Waals surface area (Å²) in [4.78, 5) is 16.1. The fourth-order valence-electron chi connectivity index (χ4n) is 2.83. The molecule has 9 heteroatoms. The van der Waals surface area contributed by atoms with E-state index in [0.717, 1.165) is 0 Å². The van der Waals surface area contributed by atoms with Crippen LogP contribution in [0.5, 0.6) is 0 Å². The van der Waals surface area contributed by atoms with E-state index in [4.69, 9.17) is 11.5 Å². The van der Waals surface area contributed by atoms with Gasteiger partial charge in [-0.25, -0.2) is 28.5 Å². The molecule has 2 aromatic heterocycles. The molecule has 0 aliphatic heterocycles. The summed E-state index contributed by atoms with van der Waals surface area (Å²) in [6.45, 7) is 0. The van der Waals surface area contributed by atoms with Crippen molar-refractivity contribution in [3.05, 3.63) is 72.9 Å². The van der Waals surface area contributed by atoms with E-state index >= 15 is 0 Å². The van der Waals surface area contributed by atoms with Crippen molar-refractivity contribution >= 4 is 22.7 Å². The molecule has 4 aromatic rings. The molecule has 0 bridgehead atoms. The molecule has 7 nitrogen and oxygen atoms in total. The standard InChI is InChI=1S/C20H15FN6OS/c21-16-9-12(5-6-14(16)13-10-25-19(22)26-11-13)15-3-1-2-4-17(15)29(28)18-7-8-24-20(23)27-18/h1-11H,(H2,22,25,26)(H2,23,24,27). The minimum Gasteiger partial charge on any atom is -0.368 e. The van der Waals surface area contributed by atoms with Crippen LogP contribution in [-0.2, 0) is 10.8 Å². The fourth-order valence-corrected chi connectivity index (χ4v) is 4.01. The van der Waals surface area contributed by atoms with Crippen molar-refractivity contribution in [2.45, 2.75) is 9.92 Å². The van der Waals surface area contributed by atoms with Gasteiger partial charge in [-0.2, -0.15) is 0 Å². The van der Waals surface area contributed by atoms with Crippen LogP contribution >= 0.6 is 0 Å². The molecule has 0 fully saturated rings. The lowest BCUT2D eigenvalue weighted by molar-refractivity contribution is 0.631. The lowest BCUT2D eigenvalue weighted by Crippen LogP contribution is -2.02. The van der Waals surface area contributed by atoms with E-state index in [9.17, 15) is 8.60 Å². The number of nitrogens with two attached hydrogens (primary N) is 2. The van der Waals surface area contributed by atoms with Crippen LogP contribution < -0.4 is 11.5 Å². The Balaban J connectivity index is 1.75. The minimum atomic E-state index is -1.61. The molecule has 1 atom stereocenters. The molecule has 0 aliphatic carbocycles. The Hall–Kier alpha value is -3.72. The van der Waals surface area contributed by atoms with Gasteiger partial charge in [0.2, 0.25) is 11.9 Å². The summed E-state index contributed by atoms with van der Waals surface area (Å²) < 4.78 is 27.9. The van der Waals surface area contributed by atoms with Crippen molar-refractivity contribution in [3.8, 4) is 22.3 Å². The highest BCUT2D eigenvalue weighted by Gasteiger charge is 2.16. The molecule has 1 unspecified atom stereocenters. The number of hydrogen-bond acceptors (Lipinski definition) is 7. The van der Waals surface area contributed by atoms with E-state index < -0.39 is 16.6 Å². The zero-order valence-electron chi connectivity index (χ0n) is 15.0. The normalized spacial score (nSPS) is 11.9. The van der Waals surface area contributed by atoms with Crippen molar-refractivity contribution < 1.29 is 8.60 Å². The molecular weight excluding hydrogens is 391 g/mol. The van der Waals surface area contributed by atoms with Gasteiger partial charge in [-0.1, -0.05) is 30.3 Å². The van der Waals surface area contributed by atoms with Crippen LogP contribution in [0.4, 0.5) is 16.3 Å². The van der Waals surface area contributed by atoms with Crippen LogP contribution in [-0.4, -0.2) is 24.1 Å². The second kappa shape index (κ2) is 7.72. The highest BCUT2D eigenvalue weighted by molar-refractivity contribution is 7.85. The third-order valence-electron chi connectivity index (χ3n) is 4.19. The van der Waals surface area contributed by atoms with Crippen LogP contribution in [0.15, 0.2) is 77.0 Å². The maximum Gasteiger partial charge on any atom is 0.221 e. The van der Waals surface area contributed by atoms with Crippen LogP contribution in [0.25, 0.3) is 22.3 Å². The molecule has 0 saturated carbocycles. The largest absolute Gasteiger partial charge is 0.368 e. The zero-order chi connectivity index (χ0) is 20.4. The second-order valence-corrected chi connectivity index (χ2v) is 7.44.